The molecule has 6 heteroatoms. The van der Waals surface area contributed by atoms with Crippen LogP contribution in [0, 0.1) is 23.2 Å². The van der Waals surface area contributed by atoms with E-state index in [1.165, 1.54) is 0 Å². The van der Waals surface area contributed by atoms with Gasteiger partial charge in [-0.25, -0.2) is 16.8 Å². The summed E-state index contributed by atoms with van der Waals surface area (Å²) in [4.78, 5) is 0. The van der Waals surface area contributed by atoms with Crippen molar-refractivity contribution >= 4 is 19.7 Å². The molecule has 0 aromatic rings. The Hall–Kier alpha value is -0.100. The first-order chi connectivity index (χ1) is 9.37. The van der Waals surface area contributed by atoms with E-state index in [0.29, 0.717) is 40.8 Å². The van der Waals surface area contributed by atoms with Crippen molar-refractivity contribution in [1.82, 2.24) is 0 Å². The van der Waals surface area contributed by atoms with Gasteiger partial charge in [-0.1, -0.05) is 34.6 Å². The number of rotatable bonds is 2. The number of hydrogen-bond donors (Lipinski definition) is 0. The molecule has 0 amide bonds. The topological polar surface area (TPSA) is 68.3 Å². The van der Waals surface area contributed by atoms with Crippen LogP contribution >= 0.6 is 0 Å². The highest BCUT2D eigenvalue weighted by molar-refractivity contribution is 7.91. The van der Waals surface area contributed by atoms with E-state index in [0.717, 1.165) is 12.8 Å². The van der Waals surface area contributed by atoms with E-state index in [-0.39, 0.29) is 5.41 Å². The van der Waals surface area contributed by atoms with Gasteiger partial charge in [0.25, 0.3) is 0 Å². The average molecular weight is 339 g/mol. The van der Waals surface area contributed by atoms with Gasteiger partial charge in [-0.3, -0.25) is 0 Å². The molecule has 2 saturated heterocycles. The molecular formula is C15H30O4S2. The Morgan fingerprint density at radius 3 is 1.71 bits per heavy atom. The van der Waals surface area contributed by atoms with E-state index in [1.54, 1.807) is 0 Å². The number of sulfone groups is 2. The molecule has 0 saturated carbocycles. The Labute approximate surface area is 130 Å². The second-order valence-electron chi connectivity index (χ2n) is 7.56. The molecule has 126 valence electrons. The fourth-order valence-corrected chi connectivity index (χ4v) is 7.28. The molecule has 2 aliphatic heterocycles. The normalized spacial score (nSPS) is 34.0. The van der Waals surface area contributed by atoms with Crippen molar-refractivity contribution in [3.63, 3.8) is 0 Å². The van der Waals surface area contributed by atoms with E-state index in [9.17, 15) is 16.8 Å². The Morgan fingerprint density at radius 2 is 1.52 bits per heavy atom. The molecule has 0 aromatic carbocycles. The van der Waals surface area contributed by atoms with Crippen molar-refractivity contribution in [2.24, 2.45) is 23.2 Å². The molecule has 0 N–H and O–H groups in total. The van der Waals surface area contributed by atoms with Gasteiger partial charge in [0.2, 0.25) is 0 Å². The summed E-state index contributed by atoms with van der Waals surface area (Å²) >= 11 is 0. The molecule has 21 heavy (non-hydrogen) atoms. The summed E-state index contributed by atoms with van der Waals surface area (Å²) < 4.78 is 44.2. The molecule has 0 spiro atoms. The van der Waals surface area contributed by atoms with Gasteiger partial charge in [0.1, 0.15) is 0 Å². The lowest BCUT2D eigenvalue weighted by atomic mass is 9.79. The zero-order chi connectivity index (χ0) is 16.5. The number of hydrogen-bond acceptors (Lipinski definition) is 4. The summed E-state index contributed by atoms with van der Waals surface area (Å²) in [5.74, 6) is 3.03. The minimum Gasteiger partial charge on any atom is -0.229 e. The highest BCUT2D eigenvalue weighted by atomic mass is 32.2. The summed E-state index contributed by atoms with van der Waals surface area (Å²) in [6.45, 7) is 10.4. The minimum atomic E-state index is -2.70. The molecule has 0 aliphatic carbocycles. The molecule has 2 unspecified atom stereocenters. The van der Waals surface area contributed by atoms with Crippen molar-refractivity contribution in [3.05, 3.63) is 0 Å². The zero-order valence-electron chi connectivity index (χ0n) is 13.9. The summed E-state index contributed by atoms with van der Waals surface area (Å²) in [6.07, 6.45) is 1.72. The first-order valence-corrected chi connectivity index (χ1v) is 11.4. The van der Waals surface area contributed by atoms with Crippen LogP contribution in [0.2, 0.25) is 0 Å². The lowest BCUT2D eigenvalue weighted by Gasteiger charge is -2.26. The van der Waals surface area contributed by atoms with Crippen molar-refractivity contribution in [1.29, 1.82) is 0 Å². The summed E-state index contributed by atoms with van der Waals surface area (Å²) in [5.41, 5.74) is 0.0405. The maximum Gasteiger partial charge on any atom is 0.150 e. The predicted octanol–water partition coefficient (Wildman–Crippen LogP) is 2.54. The average Bonchev–Trinajstić information content (AvgIpc) is 2.80. The molecule has 2 heterocycles. The summed E-state index contributed by atoms with van der Waals surface area (Å²) in [5, 5.41) is 0. The second-order valence-corrected chi connectivity index (χ2v) is 12.0. The maximum absolute atomic E-state index is 11.2. The van der Waals surface area contributed by atoms with Crippen molar-refractivity contribution in [2.45, 2.75) is 47.5 Å². The molecule has 0 aromatic heterocycles. The van der Waals surface area contributed by atoms with Crippen LogP contribution in [-0.4, -0.2) is 39.8 Å². The van der Waals surface area contributed by atoms with Gasteiger partial charge < -0.3 is 0 Å². The van der Waals surface area contributed by atoms with Crippen LogP contribution in [0.3, 0.4) is 0 Å². The fraction of sp³-hybridized carbons (Fsp3) is 1.00. The Balaban J connectivity index is 0.000000211. The van der Waals surface area contributed by atoms with E-state index >= 15 is 0 Å². The van der Waals surface area contributed by atoms with Crippen LogP contribution in [-0.2, 0) is 19.7 Å². The molecule has 2 fully saturated rings. The highest BCUT2D eigenvalue weighted by Crippen LogP contribution is 2.38. The lowest BCUT2D eigenvalue weighted by Crippen LogP contribution is -2.24. The molecule has 4 nitrogen and oxygen atoms in total. The van der Waals surface area contributed by atoms with Crippen molar-refractivity contribution in [2.75, 3.05) is 23.0 Å². The third-order valence-corrected chi connectivity index (χ3v) is 8.86. The molecule has 2 atom stereocenters. The first kappa shape index (κ1) is 18.9. The second kappa shape index (κ2) is 6.57. The molecule has 2 rings (SSSR count). The third kappa shape index (κ3) is 5.55. The van der Waals surface area contributed by atoms with Gasteiger partial charge in [-0.05, 0) is 36.0 Å². The Bertz CT molecular complexity index is 546. The standard InChI is InChI=1S/C8H16O2S.C7H14O2S/c1-7(2)8(3)4-5-11(9,10)6-8;1-6(2)7-3-4-10(8,9)5-7/h7H,4-6H2,1-3H3;6-7H,3-5H2,1-2H3. The molecule has 0 bridgehead atoms. The van der Waals surface area contributed by atoms with E-state index in [1.807, 2.05) is 0 Å². The Kier molecular flexibility index (Phi) is 5.93. The smallest absolute Gasteiger partial charge is 0.150 e. The summed E-state index contributed by atoms with van der Waals surface area (Å²) in [7, 11) is -5.34. The highest BCUT2D eigenvalue weighted by Gasteiger charge is 2.40. The SMILES string of the molecule is CC(C)C1(C)CCS(=O)(=O)C1.CC(C)C1CCS(=O)(=O)C1. The monoisotopic (exact) mass is 338 g/mol. The third-order valence-electron chi connectivity index (χ3n) is 5.14. The maximum atomic E-state index is 11.2. The van der Waals surface area contributed by atoms with Crippen molar-refractivity contribution < 1.29 is 16.8 Å². The zero-order valence-corrected chi connectivity index (χ0v) is 15.6. The largest absolute Gasteiger partial charge is 0.229 e. The van der Waals surface area contributed by atoms with E-state index in [4.69, 9.17) is 0 Å². The molecular weight excluding hydrogens is 308 g/mol. The van der Waals surface area contributed by atoms with Crippen LogP contribution in [0.5, 0.6) is 0 Å². The van der Waals surface area contributed by atoms with E-state index in [2.05, 4.69) is 34.6 Å². The van der Waals surface area contributed by atoms with Gasteiger partial charge in [-0.2, -0.15) is 0 Å². The summed E-state index contributed by atoms with van der Waals surface area (Å²) in [6, 6.07) is 0. The van der Waals surface area contributed by atoms with Gasteiger partial charge in [0.05, 0.1) is 23.0 Å². The van der Waals surface area contributed by atoms with Crippen LogP contribution in [0.4, 0.5) is 0 Å². The Morgan fingerprint density at radius 1 is 0.952 bits per heavy atom. The van der Waals surface area contributed by atoms with Gasteiger partial charge in [-0.15, -0.1) is 0 Å². The predicted molar refractivity (Wildman–Crippen MR) is 87.8 cm³/mol. The van der Waals surface area contributed by atoms with Crippen LogP contribution in [0.1, 0.15) is 47.5 Å². The fourth-order valence-electron chi connectivity index (χ4n) is 2.84. The van der Waals surface area contributed by atoms with Gasteiger partial charge >= 0.3 is 0 Å². The van der Waals surface area contributed by atoms with Crippen LogP contribution in [0.25, 0.3) is 0 Å². The van der Waals surface area contributed by atoms with E-state index < -0.39 is 19.7 Å². The van der Waals surface area contributed by atoms with Gasteiger partial charge in [0, 0.05) is 0 Å². The van der Waals surface area contributed by atoms with Crippen LogP contribution < -0.4 is 0 Å². The van der Waals surface area contributed by atoms with Crippen molar-refractivity contribution in [3.8, 4) is 0 Å². The minimum absolute atomic E-state index is 0.0405. The quantitative estimate of drug-likeness (QED) is 0.776. The first-order valence-electron chi connectivity index (χ1n) is 7.78. The molecule has 0 radical (unpaired) electrons. The molecule has 2 aliphatic rings. The van der Waals surface area contributed by atoms with Gasteiger partial charge in [0.15, 0.2) is 19.7 Å². The lowest BCUT2D eigenvalue weighted by molar-refractivity contribution is 0.259. The van der Waals surface area contributed by atoms with Crippen LogP contribution in [0.15, 0.2) is 0 Å².